The first-order chi connectivity index (χ1) is 10.2. The van der Waals surface area contributed by atoms with Crippen molar-refractivity contribution in [2.75, 3.05) is 0 Å². The van der Waals surface area contributed by atoms with Crippen molar-refractivity contribution in [1.82, 2.24) is 25.3 Å². The quantitative estimate of drug-likeness (QED) is 0.939. The summed E-state index contributed by atoms with van der Waals surface area (Å²) >= 11 is 1.51. The fourth-order valence-corrected chi connectivity index (χ4v) is 3.23. The van der Waals surface area contributed by atoms with E-state index in [0.29, 0.717) is 6.04 Å². The molecule has 0 aromatic carbocycles. The summed E-state index contributed by atoms with van der Waals surface area (Å²) in [5, 5.41) is 11.2. The highest BCUT2D eigenvalue weighted by Gasteiger charge is 2.20. The molecule has 0 unspecified atom stereocenters. The highest BCUT2D eigenvalue weighted by atomic mass is 32.1. The Bertz CT molecular complexity index is 586. The van der Waals surface area contributed by atoms with E-state index in [1.807, 2.05) is 0 Å². The number of hydrogen-bond donors (Lipinski definition) is 1. The molecule has 2 heterocycles. The minimum atomic E-state index is 0.00954. The third kappa shape index (κ3) is 3.66. The molecule has 0 radical (unpaired) electrons. The Kier molecular flexibility index (Phi) is 4.28. The number of aromatic nitrogens is 4. The third-order valence-corrected chi connectivity index (χ3v) is 4.71. The molecule has 1 aliphatic rings. The number of carbonyl (C=O) groups excluding carboxylic acids is 1. The molecule has 2 aromatic heterocycles. The first-order valence-corrected chi connectivity index (χ1v) is 8.17. The van der Waals surface area contributed by atoms with Crippen LogP contribution in [0.1, 0.15) is 32.6 Å². The zero-order chi connectivity index (χ0) is 14.7. The van der Waals surface area contributed by atoms with Gasteiger partial charge in [0.2, 0.25) is 5.91 Å². The minimum Gasteiger partial charge on any atom is -0.352 e. The summed E-state index contributed by atoms with van der Waals surface area (Å²) in [7, 11) is 0. The van der Waals surface area contributed by atoms with Crippen LogP contribution in [0.4, 0.5) is 0 Å². The van der Waals surface area contributed by atoms with Crippen molar-refractivity contribution >= 4 is 17.2 Å². The predicted octanol–water partition coefficient (Wildman–Crippen LogP) is 2.10. The van der Waals surface area contributed by atoms with Crippen molar-refractivity contribution in [3.05, 3.63) is 17.9 Å². The van der Waals surface area contributed by atoms with E-state index in [2.05, 4.69) is 27.5 Å². The molecule has 1 amide bonds. The predicted molar refractivity (Wildman–Crippen MR) is 80.7 cm³/mol. The molecule has 1 saturated carbocycles. The molecule has 6 nitrogen and oxygen atoms in total. The SMILES string of the molecule is CC1CCC(NC(=O)Cn2cc(-c3cncs3)nn2)CC1. The van der Waals surface area contributed by atoms with Gasteiger partial charge in [-0.2, -0.15) is 0 Å². The average molecular weight is 305 g/mol. The molecule has 7 heteroatoms. The van der Waals surface area contributed by atoms with Crippen molar-refractivity contribution < 1.29 is 4.79 Å². The summed E-state index contributed by atoms with van der Waals surface area (Å²) in [6.45, 7) is 2.49. The number of hydrogen-bond acceptors (Lipinski definition) is 5. The molecule has 21 heavy (non-hydrogen) atoms. The summed E-state index contributed by atoms with van der Waals surface area (Å²) < 4.78 is 1.58. The van der Waals surface area contributed by atoms with Crippen LogP contribution in [0, 0.1) is 5.92 Å². The van der Waals surface area contributed by atoms with Gasteiger partial charge in [-0.05, 0) is 31.6 Å². The van der Waals surface area contributed by atoms with Gasteiger partial charge >= 0.3 is 0 Å². The van der Waals surface area contributed by atoms with Gasteiger partial charge in [-0.15, -0.1) is 16.4 Å². The molecule has 0 saturated heterocycles. The Morgan fingerprint density at radius 3 is 2.95 bits per heavy atom. The maximum absolute atomic E-state index is 12.0. The van der Waals surface area contributed by atoms with Gasteiger partial charge in [0, 0.05) is 12.2 Å². The zero-order valence-electron chi connectivity index (χ0n) is 12.0. The van der Waals surface area contributed by atoms with E-state index >= 15 is 0 Å². The van der Waals surface area contributed by atoms with Gasteiger partial charge in [-0.3, -0.25) is 9.78 Å². The summed E-state index contributed by atoms with van der Waals surface area (Å²) in [5.41, 5.74) is 2.52. The van der Waals surface area contributed by atoms with Crippen molar-refractivity contribution in [3.63, 3.8) is 0 Å². The van der Waals surface area contributed by atoms with Crippen LogP contribution in [0.2, 0.25) is 0 Å². The third-order valence-electron chi connectivity index (χ3n) is 3.91. The van der Waals surface area contributed by atoms with Gasteiger partial charge < -0.3 is 5.32 Å². The second-order valence-electron chi connectivity index (χ2n) is 5.69. The number of nitrogens with zero attached hydrogens (tertiary/aromatic N) is 4. The van der Waals surface area contributed by atoms with E-state index in [1.165, 1.54) is 24.2 Å². The second kappa shape index (κ2) is 6.34. The lowest BCUT2D eigenvalue weighted by atomic mass is 9.87. The maximum Gasteiger partial charge on any atom is 0.242 e. The fourth-order valence-electron chi connectivity index (χ4n) is 2.66. The highest BCUT2D eigenvalue weighted by molar-refractivity contribution is 7.13. The lowest BCUT2D eigenvalue weighted by molar-refractivity contribution is -0.122. The molecular formula is C14H19N5OS. The summed E-state index contributed by atoms with van der Waals surface area (Å²) in [6.07, 6.45) is 8.10. The van der Waals surface area contributed by atoms with Gasteiger partial charge in [0.05, 0.1) is 16.6 Å². The topological polar surface area (TPSA) is 72.7 Å². The van der Waals surface area contributed by atoms with Gasteiger partial charge in [0.25, 0.3) is 0 Å². The van der Waals surface area contributed by atoms with E-state index < -0.39 is 0 Å². The molecule has 1 fully saturated rings. The van der Waals surface area contributed by atoms with E-state index in [9.17, 15) is 4.79 Å². The molecule has 1 N–H and O–H groups in total. The Hall–Kier alpha value is -1.76. The van der Waals surface area contributed by atoms with Gasteiger partial charge in [-0.25, -0.2) is 4.68 Å². The normalized spacial score (nSPS) is 22.1. The van der Waals surface area contributed by atoms with Crippen LogP contribution >= 0.6 is 11.3 Å². The van der Waals surface area contributed by atoms with E-state index in [1.54, 1.807) is 22.6 Å². The highest BCUT2D eigenvalue weighted by Crippen LogP contribution is 2.23. The Morgan fingerprint density at radius 1 is 1.43 bits per heavy atom. The molecule has 1 aliphatic carbocycles. The van der Waals surface area contributed by atoms with Crippen molar-refractivity contribution in [2.45, 2.75) is 45.2 Å². The zero-order valence-corrected chi connectivity index (χ0v) is 12.8. The maximum atomic E-state index is 12.0. The van der Waals surface area contributed by atoms with E-state index in [0.717, 1.165) is 29.3 Å². The van der Waals surface area contributed by atoms with Crippen LogP contribution < -0.4 is 5.32 Å². The van der Waals surface area contributed by atoms with Crippen LogP contribution in [0.5, 0.6) is 0 Å². The molecule has 0 spiro atoms. The van der Waals surface area contributed by atoms with Crippen LogP contribution in [-0.4, -0.2) is 31.9 Å². The minimum absolute atomic E-state index is 0.00954. The molecule has 0 atom stereocenters. The molecule has 2 aromatic rings. The van der Waals surface area contributed by atoms with Crippen LogP contribution in [0.15, 0.2) is 17.9 Å². The first-order valence-electron chi connectivity index (χ1n) is 7.29. The number of amides is 1. The van der Waals surface area contributed by atoms with Crippen molar-refractivity contribution in [3.8, 4) is 10.6 Å². The number of carbonyl (C=O) groups is 1. The molecule has 3 rings (SSSR count). The number of nitrogens with one attached hydrogen (secondary N) is 1. The standard InChI is InChI=1S/C14H19N5OS/c1-10-2-4-11(5-3-10)16-14(20)8-19-7-12(17-18-19)13-6-15-9-21-13/h6-7,9-11H,2-5,8H2,1H3,(H,16,20). The molecular weight excluding hydrogens is 286 g/mol. The van der Waals surface area contributed by atoms with Crippen molar-refractivity contribution in [1.29, 1.82) is 0 Å². The molecule has 0 bridgehead atoms. The number of rotatable bonds is 4. The van der Waals surface area contributed by atoms with Gasteiger partial charge in [0.1, 0.15) is 12.2 Å². The summed E-state index contributed by atoms with van der Waals surface area (Å²) in [6, 6.07) is 0.318. The monoisotopic (exact) mass is 305 g/mol. The summed E-state index contributed by atoms with van der Waals surface area (Å²) in [4.78, 5) is 17.0. The van der Waals surface area contributed by atoms with E-state index in [-0.39, 0.29) is 12.5 Å². The van der Waals surface area contributed by atoms with E-state index in [4.69, 9.17) is 0 Å². The lowest BCUT2D eigenvalue weighted by Crippen LogP contribution is -2.39. The lowest BCUT2D eigenvalue weighted by Gasteiger charge is -2.26. The van der Waals surface area contributed by atoms with Crippen LogP contribution in [0.25, 0.3) is 10.6 Å². The van der Waals surface area contributed by atoms with Crippen molar-refractivity contribution in [2.24, 2.45) is 5.92 Å². The Labute approximate surface area is 127 Å². The Balaban J connectivity index is 1.53. The second-order valence-corrected chi connectivity index (χ2v) is 6.58. The largest absolute Gasteiger partial charge is 0.352 e. The Morgan fingerprint density at radius 2 is 2.24 bits per heavy atom. The van der Waals surface area contributed by atoms with Gasteiger partial charge in [-0.1, -0.05) is 12.1 Å². The average Bonchev–Trinajstić information content (AvgIpc) is 3.12. The van der Waals surface area contributed by atoms with Gasteiger partial charge in [0.15, 0.2) is 0 Å². The van der Waals surface area contributed by atoms with Crippen LogP contribution in [-0.2, 0) is 11.3 Å². The molecule has 0 aliphatic heterocycles. The summed E-state index contributed by atoms with van der Waals surface area (Å²) in [5.74, 6) is 0.797. The van der Waals surface area contributed by atoms with Crippen LogP contribution in [0.3, 0.4) is 0 Å². The number of thiazole rings is 1. The molecule has 112 valence electrons. The fraction of sp³-hybridized carbons (Fsp3) is 0.571. The first kappa shape index (κ1) is 14.2. The smallest absolute Gasteiger partial charge is 0.242 e.